The van der Waals surface area contributed by atoms with Crippen LogP contribution in [0, 0.1) is 11.8 Å². The van der Waals surface area contributed by atoms with E-state index in [1.807, 2.05) is 44.3 Å². The molecule has 4 heteroatoms. The predicted molar refractivity (Wildman–Crippen MR) is 63.1 cm³/mol. The van der Waals surface area contributed by atoms with Crippen molar-refractivity contribution in [3.05, 3.63) is 24.0 Å². The number of nitrogens with zero attached hydrogens (tertiary/aromatic N) is 1. The molecule has 16 heavy (non-hydrogen) atoms. The molecule has 0 aliphatic carbocycles. The van der Waals surface area contributed by atoms with Gasteiger partial charge in [0.1, 0.15) is 0 Å². The van der Waals surface area contributed by atoms with Crippen molar-refractivity contribution in [2.24, 2.45) is 11.8 Å². The molecule has 1 aromatic rings. The number of aromatic nitrogens is 1. The molecule has 1 heterocycles. The molecule has 1 rings (SSSR count). The maximum atomic E-state index is 11.0. The van der Waals surface area contributed by atoms with E-state index >= 15 is 0 Å². The summed E-state index contributed by atoms with van der Waals surface area (Å²) in [6.45, 7) is 5.25. The molecule has 1 aromatic heterocycles. The highest BCUT2D eigenvalue weighted by molar-refractivity contribution is 5.70. The van der Waals surface area contributed by atoms with E-state index in [-0.39, 0.29) is 11.8 Å². The van der Waals surface area contributed by atoms with Crippen LogP contribution in [0.4, 0.5) is 0 Å². The largest absolute Gasteiger partial charge is 0.481 e. The minimum Gasteiger partial charge on any atom is -0.481 e. The lowest BCUT2D eigenvalue weighted by Crippen LogP contribution is -2.33. The summed E-state index contributed by atoms with van der Waals surface area (Å²) < 4.78 is 0. The number of aliphatic carboxylic acids is 1. The highest BCUT2D eigenvalue weighted by atomic mass is 16.4. The minimum absolute atomic E-state index is 0.158. The second-order valence-corrected chi connectivity index (χ2v) is 4.60. The van der Waals surface area contributed by atoms with Gasteiger partial charge in [0.15, 0.2) is 0 Å². The molecule has 90 valence electrons. The molecule has 0 radical (unpaired) electrons. The van der Waals surface area contributed by atoms with Gasteiger partial charge in [-0.2, -0.15) is 0 Å². The quantitative estimate of drug-likeness (QED) is 0.774. The van der Waals surface area contributed by atoms with Gasteiger partial charge in [0, 0.05) is 25.5 Å². The Balaban J connectivity index is 2.49. The molecule has 0 amide bonds. The van der Waals surface area contributed by atoms with Crippen molar-refractivity contribution < 1.29 is 9.90 Å². The highest BCUT2D eigenvalue weighted by Gasteiger charge is 2.22. The van der Waals surface area contributed by atoms with Gasteiger partial charge in [0.25, 0.3) is 0 Å². The Bertz CT molecular complexity index is 320. The molecule has 0 spiro atoms. The van der Waals surface area contributed by atoms with Crippen LogP contribution in [0.1, 0.15) is 19.4 Å². The van der Waals surface area contributed by atoms with E-state index in [2.05, 4.69) is 4.98 Å². The fourth-order valence-corrected chi connectivity index (χ4v) is 1.74. The van der Waals surface area contributed by atoms with Crippen molar-refractivity contribution in [1.82, 2.24) is 9.88 Å². The molecule has 0 saturated carbocycles. The van der Waals surface area contributed by atoms with Crippen molar-refractivity contribution in [2.45, 2.75) is 20.4 Å². The van der Waals surface area contributed by atoms with Gasteiger partial charge in [-0.1, -0.05) is 13.8 Å². The number of nitrogens with one attached hydrogen (secondary N) is 1. The monoisotopic (exact) mass is 224 g/mol. The first kappa shape index (κ1) is 12.8. The van der Waals surface area contributed by atoms with Crippen molar-refractivity contribution in [2.75, 3.05) is 13.6 Å². The number of aromatic amines is 1. The second kappa shape index (κ2) is 5.70. The molecule has 0 bridgehead atoms. The average molecular weight is 224 g/mol. The number of rotatable bonds is 6. The number of H-pyrrole nitrogens is 1. The Morgan fingerprint density at radius 2 is 2.25 bits per heavy atom. The first-order valence-corrected chi connectivity index (χ1v) is 5.53. The molecule has 1 unspecified atom stereocenters. The summed E-state index contributed by atoms with van der Waals surface area (Å²) in [6, 6.07) is 2.00. The van der Waals surface area contributed by atoms with E-state index in [1.54, 1.807) is 0 Å². The Labute approximate surface area is 96.3 Å². The van der Waals surface area contributed by atoms with Crippen molar-refractivity contribution in [3.63, 3.8) is 0 Å². The fraction of sp³-hybridized carbons (Fsp3) is 0.583. The Morgan fingerprint density at radius 1 is 1.56 bits per heavy atom. The maximum absolute atomic E-state index is 11.0. The topological polar surface area (TPSA) is 56.3 Å². The summed E-state index contributed by atoms with van der Waals surface area (Å²) in [5.74, 6) is -0.856. The van der Waals surface area contributed by atoms with Gasteiger partial charge in [-0.15, -0.1) is 0 Å². The molecule has 0 aliphatic rings. The normalized spacial score (nSPS) is 13.3. The fourth-order valence-electron chi connectivity index (χ4n) is 1.74. The van der Waals surface area contributed by atoms with Gasteiger partial charge < -0.3 is 15.0 Å². The second-order valence-electron chi connectivity index (χ2n) is 4.60. The van der Waals surface area contributed by atoms with Crippen LogP contribution in [0.2, 0.25) is 0 Å². The van der Waals surface area contributed by atoms with Crippen LogP contribution in [0.3, 0.4) is 0 Å². The Kier molecular flexibility index (Phi) is 4.55. The first-order chi connectivity index (χ1) is 7.50. The van der Waals surface area contributed by atoms with Gasteiger partial charge in [-0.3, -0.25) is 4.79 Å². The number of carbonyl (C=O) groups is 1. The van der Waals surface area contributed by atoms with E-state index in [0.717, 1.165) is 6.54 Å². The third-order valence-corrected chi connectivity index (χ3v) is 2.75. The van der Waals surface area contributed by atoms with Crippen molar-refractivity contribution in [1.29, 1.82) is 0 Å². The number of carboxylic acids is 1. The number of hydrogen-bond acceptors (Lipinski definition) is 2. The van der Waals surface area contributed by atoms with Crippen LogP contribution in [0.5, 0.6) is 0 Å². The van der Waals surface area contributed by atoms with Crippen LogP contribution in [0.25, 0.3) is 0 Å². The maximum Gasteiger partial charge on any atom is 0.308 e. The standard InChI is InChI=1S/C12H20N2O2/c1-9(2)11(12(15)16)8-14(3)7-10-4-5-13-6-10/h4-6,9,11,13H,7-8H2,1-3H3,(H,15,16). The van der Waals surface area contributed by atoms with Crippen LogP contribution < -0.4 is 0 Å². The molecule has 0 saturated heterocycles. The first-order valence-electron chi connectivity index (χ1n) is 5.53. The number of hydrogen-bond donors (Lipinski definition) is 2. The molecule has 4 nitrogen and oxygen atoms in total. The zero-order valence-corrected chi connectivity index (χ0v) is 10.1. The van der Waals surface area contributed by atoms with Crippen LogP contribution in [-0.4, -0.2) is 34.6 Å². The SMILES string of the molecule is CC(C)C(CN(C)Cc1cc[nH]c1)C(=O)O. The van der Waals surface area contributed by atoms with E-state index in [9.17, 15) is 4.79 Å². The smallest absolute Gasteiger partial charge is 0.308 e. The molecular formula is C12H20N2O2. The van der Waals surface area contributed by atoms with Crippen molar-refractivity contribution >= 4 is 5.97 Å². The highest BCUT2D eigenvalue weighted by Crippen LogP contribution is 2.13. The van der Waals surface area contributed by atoms with Gasteiger partial charge in [0.2, 0.25) is 0 Å². The summed E-state index contributed by atoms with van der Waals surface area (Å²) >= 11 is 0. The summed E-state index contributed by atoms with van der Waals surface area (Å²) in [5.41, 5.74) is 1.18. The van der Waals surface area contributed by atoms with E-state index < -0.39 is 5.97 Å². The Morgan fingerprint density at radius 3 is 2.69 bits per heavy atom. The summed E-state index contributed by atoms with van der Waals surface area (Å²) in [5, 5.41) is 9.09. The van der Waals surface area contributed by atoms with E-state index in [4.69, 9.17) is 5.11 Å². The zero-order valence-electron chi connectivity index (χ0n) is 10.1. The third kappa shape index (κ3) is 3.70. The zero-order chi connectivity index (χ0) is 12.1. The summed E-state index contributed by atoms with van der Waals surface area (Å²) in [7, 11) is 1.95. The molecule has 0 aliphatic heterocycles. The van der Waals surface area contributed by atoms with E-state index in [1.165, 1.54) is 5.56 Å². The predicted octanol–water partition coefficient (Wildman–Crippen LogP) is 1.80. The molecular weight excluding hydrogens is 204 g/mol. The molecule has 2 N–H and O–H groups in total. The average Bonchev–Trinajstić information content (AvgIpc) is 2.65. The van der Waals surface area contributed by atoms with Gasteiger partial charge in [0.05, 0.1) is 5.92 Å². The van der Waals surface area contributed by atoms with Gasteiger partial charge in [-0.05, 0) is 24.6 Å². The van der Waals surface area contributed by atoms with Gasteiger partial charge >= 0.3 is 5.97 Å². The summed E-state index contributed by atoms with van der Waals surface area (Å²) in [4.78, 5) is 16.1. The van der Waals surface area contributed by atoms with Crippen LogP contribution in [-0.2, 0) is 11.3 Å². The van der Waals surface area contributed by atoms with Crippen molar-refractivity contribution in [3.8, 4) is 0 Å². The summed E-state index contributed by atoms with van der Waals surface area (Å²) in [6.07, 6.45) is 3.81. The molecule has 0 aromatic carbocycles. The molecule has 1 atom stereocenters. The lowest BCUT2D eigenvalue weighted by atomic mass is 9.95. The molecule has 0 fully saturated rings. The van der Waals surface area contributed by atoms with Crippen LogP contribution >= 0.6 is 0 Å². The van der Waals surface area contributed by atoms with Gasteiger partial charge in [-0.25, -0.2) is 0 Å². The lowest BCUT2D eigenvalue weighted by Gasteiger charge is -2.23. The Hall–Kier alpha value is -1.29. The van der Waals surface area contributed by atoms with Crippen LogP contribution in [0.15, 0.2) is 18.5 Å². The third-order valence-electron chi connectivity index (χ3n) is 2.75. The van der Waals surface area contributed by atoms with E-state index in [0.29, 0.717) is 6.54 Å². The number of carboxylic acid groups (broad SMARTS) is 1. The minimum atomic E-state index is -0.712. The lowest BCUT2D eigenvalue weighted by molar-refractivity contribution is -0.144.